The minimum Gasteiger partial charge on any atom is -0.487 e. The summed E-state index contributed by atoms with van der Waals surface area (Å²) in [6.07, 6.45) is 1.41. The van der Waals surface area contributed by atoms with Crippen LogP contribution in [0.1, 0.15) is 5.69 Å². The number of nitrogens with one attached hydrogen (secondary N) is 1. The molecule has 2 aromatic heterocycles. The van der Waals surface area contributed by atoms with Crippen molar-refractivity contribution < 1.29 is 4.74 Å². The first-order valence-electron chi connectivity index (χ1n) is 5.63. The third-order valence-electron chi connectivity index (χ3n) is 2.57. The molecule has 0 aliphatic carbocycles. The Kier molecular flexibility index (Phi) is 2.64. The molecule has 7 heteroatoms. The van der Waals surface area contributed by atoms with E-state index in [0.717, 1.165) is 0 Å². The summed E-state index contributed by atoms with van der Waals surface area (Å²) in [7, 11) is 0. The van der Waals surface area contributed by atoms with E-state index in [9.17, 15) is 4.79 Å². The van der Waals surface area contributed by atoms with Gasteiger partial charge in [0, 0.05) is 17.8 Å². The summed E-state index contributed by atoms with van der Waals surface area (Å²) in [5.41, 5.74) is 6.55. The molecule has 0 aliphatic heterocycles. The van der Waals surface area contributed by atoms with Gasteiger partial charge >= 0.3 is 0 Å². The van der Waals surface area contributed by atoms with Crippen molar-refractivity contribution >= 4 is 11.5 Å². The fraction of sp³-hybridized carbons (Fsp3) is 0.0833. The quantitative estimate of drug-likeness (QED) is 0.669. The molecule has 0 unspecified atom stereocenters. The summed E-state index contributed by atoms with van der Waals surface area (Å²) < 4.78 is 6.78. The van der Waals surface area contributed by atoms with Crippen molar-refractivity contribution in [1.29, 1.82) is 0 Å². The van der Waals surface area contributed by atoms with E-state index in [4.69, 9.17) is 10.5 Å². The Morgan fingerprint density at radius 1 is 1.37 bits per heavy atom. The topological polar surface area (TPSA) is 98.3 Å². The second kappa shape index (κ2) is 4.45. The molecule has 3 rings (SSSR count). The Balaban J connectivity index is 1.83. The highest BCUT2D eigenvalue weighted by atomic mass is 16.5. The first-order valence-corrected chi connectivity index (χ1v) is 5.63. The lowest BCUT2D eigenvalue weighted by atomic mass is 10.3. The lowest BCUT2D eigenvalue weighted by Gasteiger charge is -2.06. The third kappa shape index (κ3) is 2.25. The van der Waals surface area contributed by atoms with E-state index in [2.05, 4.69) is 15.1 Å². The lowest BCUT2D eigenvalue weighted by Crippen LogP contribution is -2.16. The highest BCUT2D eigenvalue weighted by Gasteiger charge is 2.04. The Hall–Kier alpha value is -2.83. The van der Waals surface area contributed by atoms with Crippen LogP contribution in [0.25, 0.3) is 5.78 Å². The van der Waals surface area contributed by atoms with E-state index in [0.29, 0.717) is 22.9 Å². The molecule has 0 fully saturated rings. The van der Waals surface area contributed by atoms with Gasteiger partial charge in [0.1, 0.15) is 18.7 Å². The molecule has 7 nitrogen and oxygen atoms in total. The summed E-state index contributed by atoms with van der Waals surface area (Å²) in [6, 6.07) is 8.46. The molecule has 0 bridgehead atoms. The molecule has 3 aromatic rings. The van der Waals surface area contributed by atoms with Crippen molar-refractivity contribution in [3.05, 3.63) is 52.7 Å². The first kappa shape index (κ1) is 11.3. The zero-order chi connectivity index (χ0) is 13.2. The number of fused-ring (bicyclic) bond motifs is 1. The van der Waals surface area contributed by atoms with Crippen molar-refractivity contribution in [2.45, 2.75) is 6.61 Å². The summed E-state index contributed by atoms with van der Waals surface area (Å²) >= 11 is 0. The van der Waals surface area contributed by atoms with E-state index in [1.807, 2.05) is 0 Å². The minimum absolute atomic E-state index is 0.183. The second-order valence-electron chi connectivity index (χ2n) is 3.97. The number of aromatic amines is 1. The maximum Gasteiger partial charge on any atom is 0.274 e. The number of ether oxygens (including phenoxy) is 1. The number of nitrogen functional groups attached to an aromatic ring is 1. The maximum atomic E-state index is 11.7. The fourth-order valence-corrected chi connectivity index (χ4v) is 1.70. The Bertz CT molecular complexity index is 777. The van der Waals surface area contributed by atoms with Crippen LogP contribution in [0.4, 0.5) is 5.69 Å². The van der Waals surface area contributed by atoms with Crippen LogP contribution in [0, 0.1) is 0 Å². The molecule has 0 radical (unpaired) electrons. The number of aromatic nitrogens is 4. The molecule has 3 N–H and O–H groups in total. The number of hydrogen-bond donors (Lipinski definition) is 2. The average molecular weight is 257 g/mol. The SMILES string of the molecule is Nc1cccc(OCc2cc(=O)n3[nH]cnc3n2)c1. The van der Waals surface area contributed by atoms with Crippen LogP contribution in [0.2, 0.25) is 0 Å². The van der Waals surface area contributed by atoms with Crippen molar-refractivity contribution in [2.24, 2.45) is 0 Å². The van der Waals surface area contributed by atoms with Gasteiger partial charge in [-0.05, 0) is 12.1 Å². The molecule has 0 saturated carbocycles. The number of nitrogens with two attached hydrogens (primary N) is 1. The van der Waals surface area contributed by atoms with Crippen LogP contribution in [-0.2, 0) is 6.61 Å². The highest BCUT2D eigenvalue weighted by Crippen LogP contribution is 2.15. The highest BCUT2D eigenvalue weighted by molar-refractivity contribution is 5.43. The molecule has 0 saturated heterocycles. The monoisotopic (exact) mass is 257 g/mol. The zero-order valence-corrected chi connectivity index (χ0v) is 9.91. The van der Waals surface area contributed by atoms with Gasteiger partial charge < -0.3 is 10.5 Å². The van der Waals surface area contributed by atoms with Gasteiger partial charge in [0.05, 0.1) is 5.69 Å². The maximum absolute atomic E-state index is 11.7. The largest absolute Gasteiger partial charge is 0.487 e. The Morgan fingerprint density at radius 2 is 2.26 bits per heavy atom. The van der Waals surface area contributed by atoms with Gasteiger partial charge in [-0.15, -0.1) is 0 Å². The van der Waals surface area contributed by atoms with Crippen molar-refractivity contribution in [1.82, 2.24) is 19.6 Å². The number of hydrogen-bond acceptors (Lipinski definition) is 5. The van der Waals surface area contributed by atoms with Gasteiger partial charge in [0.25, 0.3) is 11.3 Å². The van der Waals surface area contributed by atoms with E-state index >= 15 is 0 Å². The number of benzene rings is 1. The molecular formula is C12H11N5O2. The van der Waals surface area contributed by atoms with Crippen molar-refractivity contribution in [3.63, 3.8) is 0 Å². The van der Waals surface area contributed by atoms with Crippen LogP contribution in [-0.4, -0.2) is 19.6 Å². The Morgan fingerprint density at radius 3 is 3.11 bits per heavy atom. The van der Waals surface area contributed by atoms with E-state index in [-0.39, 0.29) is 12.2 Å². The summed E-state index contributed by atoms with van der Waals surface area (Å²) in [6.45, 7) is 0.183. The molecule has 0 spiro atoms. The van der Waals surface area contributed by atoms with Crippen LogP contribution in [0.3, 0.4) is 0 Å². The van der Waals surface area contributed by atoms with Gasteiger partial charge in [-0.25, -0.2) is 9.97 Å². The van der Waals surface area contributed by atoms with E-state index in [1.54, 1.807) is 24.3 Å². The van der Waals surface area contributed by atoms with Crippen LogP contribution < -0.4 is 16.0 Å². The Labute approximate surface area is 107 Å². The molecule has 0 amide bonds. The van der Waals surface area contributed by atoms with Gasteiger partial charge in [-0.1, -0.05) is 6.07 Å². The second-order valence-corrected chi connectivity index (χ2v) is 3.97. The molecule has 96 valence electrons. The van der Waals surface area contributed by atoms with Gasteiger partial charge in [-0.3, -0.25) is 9.89 Å². The summed E-state index contributed by atoms with van der Waals surface area (Å²) in [5, 5.41) is 2.67. The van der Waals surface area contributed by atoms with Crippen LogP contribution >= 0.6 is 0 Å². The fourth-order valence-electron chi connectivity index (χ4n) is 1.70. The summed E-state index contributed by atoms with van der Waals surface area (Å²) in [4.78, 5) is 19.8. The van der Waals surface area contributed by atoms with E-state index in [1.165, 1.54) is 16.9 Å². The molecule has 19 heavy (non-hydrogen) atoms. The van der Waals surface area contributed by atoms with Crippen molar-refractivity contribution in [2.75, 3.05) is 5.73 Å². The van der Waals surface area contributed by atoms with Gasteiger partial charge in [0.15, 0.2) is 0 Å². The lowest BCUT2D eigenvalue weighted by molar-refractivity contribution is 0.301. The van der Waals surface area contributed by atoms with Gasteiger partial charge in [0.2, 0.25) is 0 Å². The van der Waals surface area contributed by atoms with Crippen LogP contribution in [0.5, 0.6) is 5.75 Å². The predicted molar refractivity (Wildman–Crippen MR) is 68.8 cm³/mol. The first-order chi connectivity index (χ1) is 9.22. The summed E-state index contributed by atoms with van der Waals surface area (Å²) in [5.74, 6) is 0.947. The number of anilines is 1. The molecule has 0 aliphatic rings. The third-order valence-corrected chi connectivity index (χ3v) is 2.57. The normalized spacial score (nSPS) is 10.7. The number of H-pyrrole nitrogens is 1. The smallest absolute Gasteiger partial charge is 0.274 e. The molecule has 0 atom stereocenters. The number of rotatable bonds is 3. The van der Waals surface area contributed by atoms with Crippen molar-refractivity contribution in [3.8, 4) is 5.75 Å². The molecule has 1 aromatic carbocycles. The molecular weight excluding hydrogens is 246 g/mol. The average Bonchev–Trinajstić information content (AvgIpc) is 2.85. The standard InChI is InChI=1S/C12H11N5O2/c13-8-2-1-3-10(4-8)19-6-9-5-11(18)17-12(16-9)14-7-15-17/h1-5,7H,6,13H2,(H,14,15,16). The number of nitrogens with zero attached hydrogens (tertiary/aromatic N) is 3. The van der Waals surface area contributed by atoms with E-state index < -0.39 is 0 Å². The predicted octanol–water partition coefficient (Wildman–Crippen LogP) is 0.579. The van der Waals surface area contributed by atoms with Crippen LogP contribution in [0.15, 0.2) is 41.5 Å². The van der Waals surface area contributed by atoms with Gasteiger partial charge in [-0.2, -0.15) is 4.52 Å². The minimum atomic E-state index is -0.228. The molecule has 2 heterocycles. The zero-order valence-electron chi connectivity index (χ0n) is 9.91.